The number of aromatic nitrogens is 3. The fourth-order valence-electron chi connectivity index (χ4n) is 2.28. The minimum absolute atomic E-state index is 0.250. The van der Waals surface area contributed by atoms with Crippen LogP contribution in [0.5, 0.6) is 0 Å². The lowest BCUT2D eigenvalue weighted by atomic mass is 10.2. The second-order valence-electron chi connectivity index (χ2n) is 4.74. The van der Waals surface area contributed by atoms with Crippen molar-refractivity contribution in [3.63, 3.8) is 0 Å². The highest BCUT2D eigenvalue weighted by Crippen LogP contribution is 2.25. The molecule has 2 aromatic heterocycles. The van der Waals surface area contributed by atoms with Gasteiger partial charge < -0.3 is 9.64 Å². The molecule has 0 radical (unpaired) electrons. The fourth-order valence-corrected chi connectivity index (χ4v) is 2.46. The predicted octanol–water partition coefficient (Wildman–Crippen LogP) is 2.42. The van der Waals surface area contributed by atoms with Gasteiger partial charge in [0.25, 0.3) is 0 Å². The number of hydrogen-bond donors (Lipinski definition) is 0. The summed E-state index contributed by atoms with van der Waals surface area (Å²) in [6.07, 6.45) is 3.50. The normalized spacial score (nSPS) is 19.1. The molecule has 5 nitrogen and oxygen atoms in total. The molecule has 2 aromatic rings. The molecular weight excluding hydrogens is 276 g/mol. The Labute approximate surface area is 122 Å². The summed E-state index contributed by atoms with van der Waals surface area (Å²) in [5.41, 5.74) is 1.71. The highest BCUT2D eigenvalue weighted by Gasteiger charge is 2.21. The van der Waals surface area contributed by atoms with Crippen LogP contribution in [0.15, 0.2) is 30.6 Å². The molecule has 1 saturated heterocycles. The van der Waals surface area contributed by atoms with Gasteiger partial charge in [0.15, 0.2) is 0 Å². The summed E-state index contributed by atoms with van der Waals surface area (Å²) in [5, 5.41) is 0.250. The SMILES string of the molecule is C[C@@H]1COCCN1c1cc(-c2cccnc2)nc(Cl)n1. The minimum atomic E-state index is 0.250. The summed E-state index contributed by atoms with van der Waals surface area (Å²) < 4.78 is 5.45. The lowest BCUT2D eigenvalue weighted by molar-refractivity contribution is 0.0985. The van der Waals surface area contributed by atoms with Crippen molar-refractivity contribution in [2.24, 2.45) is 0 Å². The summed E-state index contributed by atoms with van der Waals surface area (Å²) in [5.74, 6) is 0.833. The topological polar surface area (TPSA) is 51.1 Å². The minimum Gasteiger partial charge on any atom is -0.377 e. The average molecular weight is 291 g/mol. The Balaban J connectivity index is 1.98. The molecule has 0 amide bonds. The van der Waals surface area contributed by atoms with Crippen LogP contribution in [-0.2, 0) is 4.74 Å². The molecule has 3 rings (SSSR count). The van der Waals surface area contributed by atoms with Crippen LogP contribution in [0.1, 0.15) is 6.92 Å². The van der Waals surface area contributed by atoms with Gasteiger partial charge in [-0.3, -0.25) is 4.98 Å². The maximum absolute atomic E-state index is 6.07. The van der Waals surface area contributed by atoms with E-state index < -0.39 is 0 Å². The third kappa shape index (κ3) is 2.73. The van der Waals surface area contributed by atoms with E-state index in [9.17, 15) is 0 Å². The van der Waals surface area contributed by atoms with Crippen LogP contribution in [0.3, 0.4) is 0 Å². The lowest BCUT2D eigenvalue weighted by Gasteiger charge is -2.34. The van der Waals surface area contributed by atoms with Crippen molar-refractivity contribution in [1.82, 2.24) is 15.0 Å². The fraction of sp³-hybridized carbons (Fsp3) is 0.357. The van der Waals surface area contributed by atoms with Gasteiger partial charge in [-0.25, -0.2) is 9.97 Å². The van der Waals surface area contributed by atoms with Crippen molar-refractivity contribution >= 4 is 17.4 Å². The molecule has 0 unspecified atom stereocenters. The molecular formula is C14H15ClN4O. The van der Waals surface area contributed by atoms with Gasteiger partial charge in [0, 0.05) is 30.6 Å². The van der Waals surface area contributed by atoms with E-state index in [4.69, 9.17) is 16.3 Å². The third-order valence-corrected chi connectivity index (χ3v) is 3.47. The van der Waals surface area contributed by atoms with Crippen molar-refractivity contribution in [3.05, 3.63) is 35.9 Å². The van der Waals surface area contributed by atoms with Gasteiger partial charge in [-0.2, -0.15) is 0 Å². The quantitative estimate of drug-likeness (QED) is 0.795. The van der Waals surface area contributed by atoms with E-state index in [2.05, 4.69) is 26.8 Å². The zero-order valence-corrected chi connectivity index (χ0v) is 11.9. The van der Waals surface area contributed by atoms with Gasteiger partial charge in [-0.1, -0.05) is 0 Å². The van der Waals surface area contributed by atoms with Crippen molar-refractivity contribution in [2.75, 3.05) is 24.7 Å². The van der Waals surface area contributed by atoms with E-state index in [1.807, 2.05) is 18.2 Å². The maximum Gasteiger partial charge on any atom is 0.224 e. The molecule has 0 aliphatic carbocycles. The van der Waals surface area contributed by atoms with Crippen molar-refractivity contribution < 1.29 is 4.74 Å². The Morgan fingerprint density at radius 2 is 2.30 bits per heavy atom. The standard InChI is InChI=1S/C14H15ClN4O/c1-10-9-20-6-5-19(10)13-7-12(17-14(15)18-13)11-3-2-4-16-8-11/h2-4,7-8,10H,5-6,9H2,1H3/t10-/m1/s1. The largest absolute Gasteiger partial charge is 0.377 e. The molecule has 3 heterocycles. The predicted molar refractivity (Wildman–Crippen MR) is 77.9 cm³/mol. The first kappa shape index (κ1) is 13.3. The van der Waals surface area contributed by atoms with Gasteiger partial charge in [0.1, 0.15) is 5.82 Å². The number of morpholine rings is 1. The second kappa shape index (κ2) is 5.73. The first-order valence-electron chi connectivity index (χ1n) is 6.53. The van der Waals surface area contributed by atoms with Crippen LogP contribution in [0.2, 0.25) is 5.28 Å². The molecule has 1 aliphatic heterocycles. The van der Waals surface area contributed by atoms with E-state index in [0.29, 0.717) is 13.2 Å². The number of anilines is 1. The number of ether oxygens (including phenoxy) is 1. The molecule has 0 saturated carbocycles. The van der Waals surface area contributed by atoms with Crippen LogP contribution in [-0.4, -0.2) is 40.8 Å². The summed E-state index contributed by atoms with van der Waals surface area (Å²) in [4.78, 5) is 14.9. The first-order chi connectivity index (χ1) is 9.74. The highest BCUT2D eigenvalue weighted by atomic mass is 35.5. The van der Waals surface area contributed by atoms with Crippen molar-refractivity contribution in [2.45, 2.75) is 13.0 Å². The van der Waals surface area contributed by atoms with Gasteiger partial charge in [0.05, 0.1) is 24.9 Å². The van der Waals surface area contributed by atoms with Gasteiger partial charge in [-0.05, 0) is 30.7 Å². The summed E-state index contributed by atoms with van der Waals surface area (Å²) in [6, 6.07) is 6.06. The van der Waals surface area contributed by atoms with E-state index in [0.717, 1.165) is 23.6 Å². The molecule has 104 valence electrons. The third-order valence-electron chi connectivity index (χ3n) is 3.30. The average Bonchev–Trinajstić information content (AvgIpc) is 2.48. The smallest absolute Gasteiger partial charge is 0.224 e. The Morgan fingerprint density at radius 3 is 3.05 bits per heavy atom. The molecule has 20 heavy (non-hydrogen) atoms. The molecule has 6 heteroatoms. The van der Waals surface area contributed by atoms with Crippen LogP contribution in [0.4, 0.5) is 5.82 Å². The Hall–Kier alpha value is -1.72. The molecule has 0 spiro atoms. The molecule has 1 fully saturated rings. The molecule has 0 N–H and O–H groups in total. The number of pyridine rings is 1. The van der Waals surface area contributed by atoms with Crippen LogP contribution in [0, 0.1) is 0 Å². The monoisotopic (exact) mass is 290 g/mol. The molecule has 0 aromatic carbocycles. The molecule has 1 atom stereocenters. The maximum atomic E-state index is 6.07. The number of nitrogens with zero attached hydrogens (tertiary/aromatic N) is 4. The van der Waals surface area contributed by atoms with E-state index in [-0.39, 0.29) is 11.3 Å². The van der Waals surface area contributed by atoms with Gasteiger partial charge in [-0.15, -0.1) is 0 Å². The highest BCUT2D eigenvalue weighted by molar-refractivity contribution is 6.28. The second-order valence-corrected chi connectivity index (χ2v) is 5.08. The van der Waals surface area contributed by atoms with Crippen molar-refractivity contribution in [3.8, 4) is 11.3 Å². The molecule has 1 aliphatic rings. The number of hydrogen-bond acceptors (Lipinski definition) is 5. The summed E-state index contributed by atoms with van der Waals surface area (Å²) >= 11 is 6.07. The van der Waals surface area contributed by atoms with Gasteiger partial charge in [0.2, 0.25) is 5.28 Å². The van der Waals surface area contributed by atoms with Crippen LogP contribution >= 0.6 is 11.6 Å². The Bertz CT molecular complexity index is 593. The lowest BCUT2D eigenvalue weighted by Crippen LogP contribution is -2.44. The molecule has 0 bridgehead atoms. The van der Waals surface area contributed by atoms with Crippen LogP contribution < -0.4 is 4.90 Å². The summed E-state index contributed by atoms with van der Waals surface area (Å²) in [7, 11) is 0. The van der Waals surface area contributed by atoms with Crippen molar-refractivity contribution in [1.29, 1.82) is 0 Å². The van der Waals surface area contributed by atoms with E-state index in [1.165, 1.54) is 0 Å². The number of halogens is 1. The van der Waals surface area contributed by atoms with Crippen LogP contribution in [0.25, 0.3) is 11.3 Å². The Kier molecular flexibility index (Phi) is 3.80. The van der Waals surface area contributed by atoms with E-state index in [1.54, 1.807) is 12.4 Å². The zero-order chi connectivity index (χ0) is 13.9. The first-order valence-corrected chi connectivity index (χ1v) is 6.91. The summed E-state index contributed by atoms with van der Waals surface area (Å²) in [6.45, 7) is 4.32. The van der Waals surface area contributed by atoms with E-state index >= 15 is 0 Å². The number of rotatable bonds is 2. The van der Waals surface area contributed by atoms with Gasteiger partial charge >= 0.3 is 0 Å². The zero-order valence-electron chi connectivity index (χ0n) is 11.2. The Morgan fingerprint density at radius 1 is 1.40 bits per heavy atom.